The Labute approximate surface area is 198 Å². The summed E-state index contributed by atoms with van der Waals surface area (Å²) in [6.07, 6.45) is 5.28. The zero-order valence-electron chi connectivity index (χ0n) is 19.2. The Kier molecular flexibility index (Phi) is 7.07. The van der Waals surface area contributed by atoms with E-state index in [9.17, 15) is 19.5 Å². The van der Waals surface area contributed by atoms with Gasteiger partial charge in [0.15, 0.2) is 0 Å². The fourth-order valence-corrected chi connectivity index (χ4v) is 4.36. The molecule has 0 amide bonds. The van der Waals surface area contributed by atoms with Gasteiger partial charge in [0.25, 0.3) is 5.91 Å². The van der Waals surface area contributed by atoms with E-state index in [0.717, 1.165) is 47.9 Å². The summed E-state index contributed by atoms with van der Waals surface area (Å²) >= 11 is 0. The first-order valence-electron chi connectivity index (χ1n) is 11.6. The van der Waals surface area contributed by atoms with Gasteiger partial charge in [-0.15, -0.1) is 9.78 Å². The van der Waals surface area contributed by atoms with E-state index < -0.39 is 11.7 Å². The molecule has 7 nitrogen and oxygen atoms in total. The summed E-state index contributed by atoms with van der Waals surface area (Å²) in [6.45, 7) is 2.12. The average molecular weight is 458 g/mol. The maximum atomic E-state index is 13.2. The molecule has 0 bridgehead atoms. The molecule has 1 aliphatic rings. The fourth-order valence-electron chi connectivity index (χ4n) is 4.36. The van der Waals surface area contributed by atoms with Crippen molar-refractivity contribution in [1.29, 1.82) is 0 Å². The van der Waals surface area contributed by atoms with Crippen molar-refractivity contribution in [2.24, 2.45) is 5.92 Å². The molecule has 0 atom stereocenters. The minimum atomic E-state index is -0.986. The van der Waals surface area contributed by atoms with Crippen LogP contribution in [0.1, 0.15) is 72.0 Å². The van der Waals surface area contributed by atoms with Gasteiger partial charge in [0.1, 0.15) is 0 Å². The van der Waals surface area contributed by atoms with Crippen molar-refractivity contribution in [3.05, 3.63) is 76.0 Å². The van der Waals surface area contributed by atoms with Gasteiger partial charge in [-0.05, 0) is 41.5 Å². The molecule has 1 N–H and O–H groups in total. The number of carbonyl (C=O) groups is 2. The van der Waals surface area contributed by atoms with Crippen molar-refractivity contribution in [3.8, 4) is 23.0 Å². The van der Waals surface area contributed by atoms with Gasteiger partial charge in [-0.3, -0.25) is 9.36 Å². The molecule has 1 aliphatic carbocycles. The predicted octanol–water partition coefficient (Wildman–Crippen LogP) is 4.44. The summed E-state index contributed by atoms with van der Waals surface area (Å²) in [5.41, 5.74) is 1.97. The molecule has 0 aliphatic heterocycles. The first-order valence-corrected chi connectivity index (χ1v) is 11.6. The third kappa shape index (κ3) is 4.86. The molecule has 4 rings (SSSR count). The van der Waals surface area contributed by atoms with Crippen molar-refractivity contribution in [1.82, 2.24) is 14.3 Å². The van der Waals surface area contributed by atoms with Crippen LogP contribution in [0.15, 0.2) is 53.3 Å². The first-order chi connectivity index (χ1) is 16.5. The Morgan fingerprint density at radius 2 is 1.76 bits per heavy atom. The molecular weight excluding hydrogens is 430 g/mol. The predicted molar refractivity (Wildman–Crippen MR) is 129 cm³/mol. The van der Waals surface area contributed by atoms with Crippen LogP contribution >= 0.6 is 0 Å². The normalized spacial score (nSPS) is 13.8. The molecule has 1 fully saturated rings. The van der Waals surface area contributed by atoms with Crippen LogP contribution in [0.3, 0.4) is 0 Å². The standard InChI is InChI=1S/C27H27N3O4/c1-2-3-13-24-28-30(25(31)21-9-5-4-6-10-21)27(34)29(24)18-19-14-16-20(17-15-19)22-11-7-8-12-23(22)26(32)33/h7-8,11-12,14-17,21H,2,4-6,9-10,18H2,1H3,(H,32,33). The summed E-state index contributed by atoms with van der Waals surface area (Å²) in [4.78, 5) is 37.7. The van der Waals surface area contributed by atoms with Crippen molar-refractivity contribution in [2.75, 3.05) is 0 Å². The molecule has 2 aromatic carbocycles. The molecule has 7 heteroatoms. The lowest BCUT2D eigenvalue weighted by Crippen LogP contribution is -2.34. The minimum Gasteiger partial charge on any atom is -0.478 e. The number of aromatic nitrogens is 3. The van der Waals surface area contributed by atoms with E-state index in [-0.39, 0.29) is 29.8 Å². The van der Waals surface area contributed by atoms with Crippen LogP contribution in [0.25, 0.3) is 11.1 Å². The molecule has 1 heterocycles. The fraction of sp³-hybridized carbons (Fsp3) is 0.333. The Bertz CT molecular complexity index is 1320. The number of carboxylic acid groups (broad SMARTS) is 1. The number of aromatic carboxylic acids is 1. The average Bonchev–Trinajstić information content (AvgIpc) is 3.18. The zero-order chi connectivity index (χ0) is 24.1. The maximum absolute atomic E-state index is 13.2. The van der Waals surface area contributed by atoms with E-state index in [1.54, 1.807) is 24.3 Å². The monoisotopic (exact) mass is 457 g/mol. The van der Waals surface area contributed by atoms with Crippen LogP contribution < -0.4 is 5.69 Å². The molecule has 0 spiro atoms. The molecule has 3 aromatic rings. The number of rotatable bonds is 5. The van der Waals surface area contributed by atoms with E-state index in [1.807, 2.05) is 31.2 Å². The molecule has 0 saturated heterocycles. The summed E-state index contributed by atoms with van der Waals surface area (Å²) in [7, 11) is 0. The molecular formula is C27H27N3O4. The van der Waals surface area contributed by atoms with Crippen LogP contribution in [-0.4, -0.2) is 31.3 Å². The molecule has 0 radical (unpaired) electrons. The minimum absolute atomic E-state index is 0.171. The van der Waals surface area contributed by atoms with Gasteiger partial charge in [-0.25, -0.2) is 9.59 Å². The van der Waals surface area contributed by atoms with Crippen LogP contribution in [0.4, 0.5) is 0 Å². The van der Waals surface area contributed by atoms with Gasteiger partial charge in [0, 0.05) is 12.3 Å². The highest BCUT2D eigenvalue weighted by molar-refractivity contribution is 5.96. The Balaban J connectivity index is 1.64. The molecule has 1 saturated carbocycles. The largest absolute Gasteiger partial charge is 0.478 e. The topological polar surface area (TPSA) is 94.2 Å². The van der Waals surface area contributed by atoms with Gasteiger partial charge in [-0.1, -0.05) is 74.6 Å². The second-order valence-corrected chi connectivity index (χ2v) is 8.48. The summed E-state index contributed by atoms with van der Waals surface area (Å²) < 4.78 is 2.43. The molecule has 34 heavy (non-hydrogen) atoms. The van der Waals surface area contributed by atoms with E-state index in [1.165, 1.54) is 4.57 Å². The Morgan fingerprint density at radius 3 is 2.44 bits per heavy atom. The third-order valence-corrected chi connectivity index (χ3v) is 6.17. The molecule has 174 valence electrons. The quantitative estimate of drug-likeness (QED) is 0.572. The SMILES string of the molecule is CCC#Cc1nn(C(=O)C2CCCCC2)c(=O)n1Cc1ccc(-c2ccccc2C(=O)O)cc1. The summed E-state index contributed by atoms with van der Waals surface area (Å²) in [5, 5.41) is 13.8. The van der Waals surface area contributed by atoms with Crippen molar-refractivity contribution >= 4 is 11.9 Å². The van der Waals surface area contributed by atoms with Crippen LogP contribution in [-0.2, 0) is 6.54 Å². The number of carboxylic acids is 1. The van der Waals surface area contributed by atoms with Crippen LogP contribution in [0.5, 0.6) is 0 Å². The van der Waals surface area contributed by atoms with Gasteiger partial charge >= 0.3 is 11.7 Å². The highest BCUT2D eigenvalue weighted by Crippen LogP contribution is 2.25. The Hall–Kier alpha value is -3.92. The third-order valence-electron chi connectivity index (χ3n) is 6.17. The van der Waals surface area contributed by atoms with Gasteiger partial charge in [0.2, 0.25) is 5.82 Å². The maximum Gasteiger partial charge on any atom is 0.354 e. The lowest BCUT2D eigenvalue weighted by Gasteiger charge is -2.19. The molecule has 1 aromatic heterocycles. The number of benzene rings is 2. The second kappa shape index (κ2) is 10.3. The number of hydrogen-bond donors (Lipinski definition) is 1. The lowest BCUT2D eigenvalue weighted by atomic mass is 9.89. The highest BCUT2D eigenvalue weighted by Gasteiger charge is 2.26. The lowest BCUT2D eigenvalue weighted by molar-refractivity contribution is 0.0696. The number of nitrogens with zero attached hydrogens (tertiary/aromatic N) is 3. The van der Waals surface area contributed by atoms with Crippen molar-refractivity contribution in [3.63, 3.8) is 0 Å². The van der Waals surface area contributed by atoms with E-state index >= 15 is 0 Å². The van der Waals surface area contributed by atoms with Gasteiger partial charge < -0.3 is 5.11 Å². The van der Waals surface area contributed by atoms with E-state index in [0.29, 0.717) is 12.0 Å². The van der Waals surface area contributed by atoms with Crippen LogP contribution in [0, 0.1) is 17.8 Å². The zero-order valence-corrected chi connectivity index (χ0v) is 19.2. The van der Waals surface area contributed by atoms with E-state index in [2.05, 4.69) is 16.9 Å². The molecule has 0 unspecified atom stereocenters. The number of carbonyl (C=O) groups excluding carboxylic acids is 1. The Morgan fingerprint density at radius 1 is 1.06 bits per heavy atom. The van der Waals surface area contributed by atoms with Gasteiger partial charge in [-0.2, -0.15) is 0 Å². The van der Waals surface area contributed by atoms with Crippen molar-refractivity contribution in [2.45, 2.75) is 52.0 Å². The summed E-state index contributed by atoms with van der Waals surface area (Å²) in [6, 6.07) is 14.2. The summed E-state index contributed by atoms with van der Waals surface area (Å²) in [5.74, 6) is 4.74. The highest BCUT2D eigenvalue weighted by atomic mass is 16.4. The van der Waals surface area contributed by atoms with Crippen molar-refractivity contribution < 1.29 is 14.7 Å². The van der Waals surface area contributed by atoms with E-state index in [4.69, 9.17) is 0 Å². The van der Waals surface area contributed by atoms with Gasteiger partial charge in [0.05, 0.1) is 12.1 Å². The first kappa shape index (κ1) is 23.2. The second-order valence-electron chi connectivity index (χ2n) is 8.48. The van der Waals surface area contributed by atoms with Crippen LogP contribution in [0.2, 0.25) is 0 Å². The number of hydrogen-bond acceptors (Lipinski definition) is 4. The smallest absolute Gasteiger partial charge is 0.354 e.